The average Bonchev–Trinajstić information content (AvgIpc) is 2.11. The molecular weight excluding hydrogens is 228 g/mol. The lowest BCUT2D eigenvalue weighted by molar-refractivity contribution is -0.158. The van der Waals surface area contributed by atoms with Crippen LogP contribution in [0.1, 0.15) is 0 Å². The third kappa shape index (κ3) is 6.72. The highest BCUT2D eigenvalue weighted by Crippen LogP contribution is 1.92. The zero-order valence-corrected chi connectivity index (χ0v) is 8.58. The van der Waals surface area contributed by atoms with Gasteiger partial charge in [-0.05, 0) is 0 Å². The second kappa shape index (κ2) is 9.12. The van der Waals surface area contributed by atoms with E-state index in [1.54, 1.807) is 7.11 Å². The van der Waals surface area contributed by atoms with Crippen molar-refractivity contribution in [1.29, 1.82) is 0 Å². The topological polar surface area (TPSA) is 44.8 Å². The van der Waals surface area contributed by atoms with Crippen LogP contribution in [0.15, 0.2) is 0 Å². The second-order valence-electron chi connectivity index (χ2n) is 1.93. The van der Waals surface area contributed by atoms with Gasteiger partial charge in [0.2, 0.25) is 6.29 Å². The van der Waals surface area contributed by atoms with E-state index in [0.717, 1.165) is 0 Å². The minimum absolute atomic E-state index is 0.363. The summed E-state index contributed by atoms with van der Waals surface area (Å²) in [5, 5.41) is 0.685. The van der Waals surface area contributed by atoms with Crippen LogP contribution in [0.25, 0.3) is 0 Å². The number of aldehydes is 1. The molecule has 0 heterocycles. The van der Waals surface area contributed by atoms with Crippen LogP contribution in [0.2, 0.25) is 0 Å². The Bertz CT molecular complexity index is 110. The molecule has 72 valence electrons. The van der Waals surface area contributed by atoms with E-state index in [2.05, 4.69) is 15.9 Å². The number of carbonyl (C=O) groups excluding carboxylic acids is 1. The van der Waals surface area contributed by atoms with Crippen LogP contribution in [0.5, 0.6) is 0 Å². The summed E-state index contributed by atoms with van der Waals surface area (Å²) >= 11 is 3.17. The maximum atomic E-state index is 10.3. The molecule has 0 aromatic carbocycles. The normalized spacial score (nSPS) is 12.8. The van der Waals surface area contributed by atoms with Crippen molar-refractivity contribution in [2.24, 2.45) is 0 Å². The van der Waals surface area contributed by atoms with Gasteiger partial charge >= 0.3 is 0 Å². The molecule has 12 heavy (non-hydrogen) atoms. The van der Waals surface area contributed by atoms with Crippen LogP contribution in [-0.2, 0) is 19.0 Å². The summed E-state index contributed by atoms with van der Waals surface area (Å²) in [7, 11) is 1.57. The van der Waals surface area contributed by atoms with Crippen LogP contribution in [0.3, 0.4) is 0 Å². The lowest BCUT2D eigenvalue weighted by Gasteiger charge is -2.11. The third-order valence-electron chi connectivity index (χ3n) is 1.04. The Kier molecular flexibility index (Phi) is 9.14. The number of ether oxygens (including phenoxy) is 3. The fraction of sp³-hybridized carbons (Fsp3) is 0.857. The highest BCUT2D eigenvalue weighted by molar-refractivity contribution is 9.09. The number of halogens is 1. The van der Waals surface area contributed by atoms with Crippen molar-refractivity contribution < 1.29 is 19.0 Å². The Morgan fingerprint density at radius 1 is 1.33 bits per heavy atom. The van der Waals surface area contributed by atoms with E-state index in [-0.39, 0.29) is 0 Å². The van der Waals surface area contributed by atoms with Gasteiger partial charge in [0, 0.05) is 12.4 Å². The molecule has 0 saturated heterocycles. The molecule has 0 aromatic heterocycles. The summed E-state index contributed by atoms with van der Waals surface area (Å²) in [6.07, 6.45) is -0.143. The number of hydrogen-bond acceptors (Lipinski definition) is 4. The molecule has 0 bridgehead atoms. The zero-order chi connectivity index (χ0) is 9.23. The Morgan fingerprint density at radius 3 is 2.50 bits per heavy atom. The molecule has 5 heteroatoms. The molecule has 0 aliphatic carbocycles. The van der Waals surface area contributed by atoms with E-state index < -0.39 is 6.29 Å². The first-order valence-corrected chi connectivity index (χ1v) is 4.70. The molecule has 0 N–H and O–H groups in total. The molecule has 4 nitrogen and oxygen atoms in total. The SMILES string of the molecule is COCCOC(C=O)OCCBr. The first-order chi connectivity index (χ1) is 5.85. The van der Waals surface area contributed by atoms with E-state index in [4.69, 9.17) is 14.2 Å². The van der Waals surface area contributed by atoms with Gasteiger partial charge < -0.3 is 14.2 Å². The van der Waals surface area contributed by atoms with Crippen molar-refractivity contribution in [1.82, 2.24) is 0 Å². The second-order valence-corrected chi connectivity index (χ2v) is 2.72. The van der Waals surface area contributed by atoms with Gasteiger partial charge in [0.15, 0.2) is 6.29 Å². The van der Waals surface area contributed by atoms with Crippen molar-refractivity contribution in [3.05, 3.63) is 0 Å². The van der Waals surface area contributed by atoms with E-state index in [0.29, 0.717) is 31.4 Å². The van der Waals surface area contributed by atoms with Crippen molar-refractivity contribution in [2.45, 2.75) is 6.29 Å². The van der Waals surface area contributed by atoms with E-state index >= 15 is 0 Å². The highest BCUT2D eigenvalue weighted by Gasteiger charge is 2.05. The van der Waals surface area contributed by atoms with E-state index in [9.17, 15) is 4.79 Å². The van der Waals surface area contributed by atoms with Crippen LogP contribution >= 0.6 is 15.9 Å². The molecule has 0 spiro atoms. The first-order valence-electron chi connectivity index (χ1n) is 3.58. The van der Waals surface area contributed by atoms with E-state index in [1.165, 1.54) is 0 Å². The minimum Gasteiger partial charge on any atom is -0.382 e. The molecular formula is C7H13BrO4. The summed E-state index contributed by atoms with van der Waals surface area (Å²) in [6.45, 7) is 1.28. The summed E-state index contributed by atoms with van der Waals surface area (Å²) in [5.74, 6) is 0. The fourth-order valence-corrected chi connectivity index (χ4v) is 0.722. The molecule has 0 amide bonds. The van der Waals surface area contributed by atoms with Gasteiger partial charge in [-0.3, -0.25) is 4.79 Å². The first kappa shape index (κ1) is 12.0. The summed E-state index contributed by atoms with van der Waals surface area (Å²) in [4.78, 5) is 10.3. The summed E-state index contributed by atoms with van der Waals surface area (Å²) in [6, 6.07) is 0. The molecule has 0 radical (unpaired) electrons. The lowest BCUT2D eigenvalue weighted by Crippen LogP contribution is -2.21. The van der Waals surface area contributed by atoms with Crippen LogP contribution in [0, 0.1) is 0 Å². The van der Waals surface area contributed by atoms with Gasteiger partial charge in [0.25, 0.3) is 0 Å². The van der Waals surface area contributed by atoms with Gasteiger partial charge in [-0.25, -0.2) is 0 Å². The van der Waals surface area contributed by atoms with Gasteiger partial charge in [-0.15, -0.1) is 0 Å². The van der Waals surface area contributed by atoms with Gasteiger partial charge in [-0.2, -0.15) is 0 Å². The van der Waals surface area contributed by atoms with Crippen molar-refractivity contribution in [2.75, 3.05) is 32.3 Å². The van der Waals surface area contributed by atoms with Crippen LogP contribution < -0.4 is 0 Å². The van der Waals surface area contributed by atoms with Gasteiger partial charge in [-0.1, -0.05) is 15.9 Å². The Morgan fingerprint density at radius 2 is 2.00 bits per heavy atom. The van der Waals surface area contributed by atoms with Crippen molar-refractivity contribution in [3.8, 4) is 0 Å². The fourth-order valence-electron chi connectivity index (χ4n) is 0.535. The highest BCUT2D eigenvalue weighted by atomic mass is 79.9. The largest absolute Gasteiger partial charge is 0.382 e. The number of hydrogen-bond donors (Lipinski definition) is 0. The summed E-state index contributed by atoms with van der Waals surface area (Å²) < 4.78 is 14.7. The van der Waals surface area contributed by atoms with Gasteiger partial charge in [0.1, 0.15) is 0 Å². The molecule has 0 aromatic rings. The van der Waals surface area contributed by atoms with Crippen LogP contribution in [-0.4, -0.2) is 44.8 Å². The lowest BCUT2D eigenvalue weighted by atomic mass is 10.7. The zero-order valence-electron chi connectivity index (χ0n) is 6.99. The summed E-state index contributed by atoms with van der Waals surface area (Å²) in [5.41, 5.74) is 0. The van der Waals surface area contributed by atoms with Gasteiger partial charge in [0.05, 0.1) is 19.8 Å². The molecule has 0 saturated carbocycles. The van der Waals surface area contributed by atoms with Crippen molar-refractivity contribution in [3.63, 3.8) is 0 Å². The average molecular weight is 241 g/mol. The number of alkyl halides is 1. The quantitative estimate of drug-likeness (QED) is 0.270. The minimum atomic E-state index is -0.766. The molecule has 0 aliphatic rings. The number of carbonyl (C=O) groups is 1. The van der Waals surface area contributed by atoms with Crippen molar-refractivity contribution >= 4 is 22.2 Å². The number of rotatable bonds is 8. The Balaban J connectivity index is 3.32. The maximum absolute atomic E-state index is 10.3. The molecule has 1 atom stereocenters. The molecule has 0 rings (SSSR count). The van der Waals surface area contributed by atoms with Crippen LogP contribution in [0.4, 0.5) is 0 Å². The number of methoxy groups -OCH3 is 1. The molecule has 0 aliphatic heterocycles. The third-order valence-corrected chi connectivity index (χ3v) is 1.36. The predicted molar refractivity (Wildman–Crippen MR) is 47.4 cm³/mol. The Hall–Kier alpha value is 0.0300. The molecule has 0 fully saturated rings. The standard InChI is InChI=1S/C7H13BrO4/c1-10-4-5-12-7(6-9)11-3-2-8/h6-7H,2-5H2,1H3. The Labute approximate surface area is 80.3 Å². The predicted octanol–water partition coefficient (Wildman–Crippen LogP) is 0.586. The van der Waals surface area contributed by atoms with E-state index in [1.807, 2.05) is 0 Å². The smallest absolute Gasteiger partial charge is 0.214 e. The monoisotopic (exact) mass is 240 g/mol. The molecule has 1 unspecified atom stereocenters. The maximum Gasteiger partial charge on any atom is 0.214 e.